The number of aromatic nitrogens is 1. The molecule has 0 fully saturated rings. The van der Waals surface area contributed by atoms with E-state index in [0.717, 1.165) is 26.6 Å². The summed E-state index contributed by atoms with van der Waals surface area (Å²) in [7, 11) is 0. The number of pyridine rings is 1. The van der Waals surface area contributed by atoms with Crippen LogP contribution in [0.25, 0.3) is 0 Å². The molecule has 0 saturated carbocycles. The van der Waals surface area contributed by atoms with Gasteiger partial charge in [0.2, 0.25) is 0 Å². The largest absolute Gasteiger partial charge is 0.397 e. The summed E-state index contributed by atoms with van der Waals surface area (Å²) >= 11 is 9.32. The van der Waals surface area contributed by atoms with Crippen LogP contribution in [0.5, 0.6) is 0 Å². The van der Waals surface area contributed by atoms with Gasteiger partial charge in [0.15, 0.2) is 0 Å². The van der Waals surface area contributed by atoms with Crippen molar-refractivity contribution in [3.8, 4) is 0 Å². The molecule has 2 rings (SSSR count). The summed E-state index contributed by atoms with van der Waals surface area (Å²) < 4.78 is 0.826. The number of hydrogen-bond acceptors (Lipinski definition) is 3. The minimum Gasteiger partial charge on any atom is -0.397 e. The lowest BCUT2D eigenvalue weighted by Gasteiger charge is -2.10. The molecule has 1 aromatic carbocycles. The van der Waals surface area contributed by atoms with Crippen LogP contribution in [0.1, 0.15) is 5.56 Å². The molecule has 17 heavy (non-hydrogen) atoms. The van der Waals surface area contributed by atoms with Gasteiger partial charge in [-0.25, -0.2) is 4.98 Å². The van der Waals surface area contributed by atoms with E-state index in [-0.39, 0.29) is 0 Å². The normalized spacial score (nSPS) is 10.3. The highest BCUT2D eigenvalue weighted by Gasteiger charge is 2.04. The predicted molar refractivity (Wildman–Crippen MR) is 75.8 cm³/mol. The van der Waals surface area contributed by atoms with Crippen LogP contribution in [0.4, 0.5) is 17.2 Å². The first-order valence-electron chi connectivity index (χ1n) is 5.00. The number of nitrogens with two attached hydrogens (primary N) is 1. The van der Waals surface area contributed by atoms with Crippen LogP contribution in [-0.2, 0) is 0 Å². The van der Waals surface area contributed by atoms with Gasteiger partial charge in [-0.15, -0.1) is 0 Å². The first-order valence-corrected chi connectivity index (χ1v) is 6.17. The van der Waals surface area contributed by atoms with Crippen LogP contribution < -0.4 is 11.1 Å². The fraction of sp³-hybridized carbons (Fsp3) is 0.0833. The number of halogens is 2. The van der Waals surface area contributed by atoms with Crippen LogP contribution in [0.2, 0.25) is 5.02 Å². The maximum atomic E-state index is 5.90. The van der Waals surface area contributed by atoms with E-state index in [9.17, 15) is 0 Å². The van der Waals surface area contributed by atoms with Gasteiger partial charge in [-0.05, 0) is 52.7 Å². The van der Waals surface area contributed by atoms with E-state index in [1.807, 2.05) is 25.1 Å². The summed E-state index contributed by atoms with van der Waals surface area (Å²) in [4.78, 5) is 4.22. The molecule has 0 atom stereocenters. The fourth-order valence-electron chi connectivity index (χ4n) is 1.44. The minimum atomic E-state index is 0.621. The number of aryl methyl sites for hydroxylation is 1. The number of nitrogen functional groups attached to an aromatic ring is 1. The lowest BCUT2D eigenvalue weighted by atomic mass is 10.2. The molecule has 3 nitrogen and oxygen atoms in total. The number of rotatable bonds is 2. The third kappa shape index (κ3) is 2.90. The van der Waals surface area contributed by atoms with E-state index in [1.165, 1.54) is 0 Å². The van der Waals surface area contributed by atoms with Gasteiger partial charge >= 0.3 is 0 Å². The minimum absolute atomic E-state index is 0.621. The average Bonchev–Trinajstić information content (AvgIpc) is 2.25. The molecule has 0 spiro atoms. The average molecular weight is 313 g/mol. The maximum absolute atomic E-state index is 5.90. The summed E-state index contributed by atoms with van der Waals surface area (Å²) in [5.41, 5.74) is 8.28. The van der Waals surface area contributed by atoms with Gasteiger partial charge in [-0.1, -0.05) is 11.6 Å². The number of nitrogens with zero attached hydrogens (tertiary/aromatic N) is 1. The van der Waals surface area contributed by atoms with Crippen molar-refractivity contribution in [3.05, 3.63) is 45.5 Å². The molecule has 0 aliphatic rings. The summed E-state index contributed by atoms with van der Waals surface area (Å²) in [5, 5.41) is 3.94. The van der Waals surface area contributed by atoms with Gasteiger partial charge in [0.1, 0.15) is 5.82 Å². The van der Waals surface area contributed by atoms with Crippen LogP contribution in [0.3, 0.4) is 0 Å². The predicted octanol–water partition coefficient (Wildman–Crippen LogP) is 4.13. The number of hydrogen-bond donors (Lipinski definition) is 2. The summed E-state index contributed by atoms with van der Waals surface area (Å²) in [6.45, 7) is 1.99. The highest BCUT2D eigenvalue weighted by molar-refractivity contribution is 9.10. The third-order valence-corrected chi connectivity index (χ3v) is 3.14. The first kappa shape index (κ1) is 12.2. The van der Waals surface area contributed by atoms with E-state index in [1.54, 1.807) is 12.3 Å². The number of anilines is 3. The molecule has 2 aromatic rings. The van der Waals surface area contributed by atoms with Crippen molar-refractivity contribution in [2.24, 2.45) is 0 Å². The second-order valence-corrected chi connectivity index (χ2v) is 4.97. The van der Waals surface area contributed by atoms with Gasteiger partial charge in [0, 0.05) is 10.7 Å². The van der Waals surface area contributed by atoms with Crippen molar-refractivity contribution >= 4 is 44.7 Å². The van der Waals surface area contributed by atoms with Gasteiger partial charge < -0.3 is 11.1 Å². The molecule has 0 radical (unpaired) electrons. The second kappa shape index (κ2) is 4.94. The smallest absolute Gasteiger partial charge is 0.144 e. The maximum Gasteiger partial charge on any atom is 0.144 e. The zero-order valence-electron chi connectivity index (χ0n) is 9.17. The van der Waals surface area contributed by atoms with Gasteiger partial charge in [0.05, 0.1) is 16.4 Å². The lowest BCUT2D eigenvalue weighted by Crippen LogP contribution is -1.98. The Hall–Kier alpha value is -1.26. The molecule has 0 aliphatic heterocycles. The van der Waals surface area contributed by atoms with Crippen LogP contribution >= 0.6 is 27.5 Å². The molecule has 88 valence electrons. The van der Waals surface area contributed by atoms with Crippen LogP contribution in [0, 0.1) is 6.92 Å². The van der Waals surface area contributed by atoms with E-state index in [4.69, 9.17) is 17.3 Å². The van der Waals surface area contributed by atoms with Gasteiger partial charge in [0.25, 0.3) is 0 Å². The molecule has 0 saturated heterocycles. The van der Waals surface area contributed by atoms with Crippen molar-refractivity contribution in [1.29, 1.82) is 0 Å². The first-order chi connectivity index (χ1) is 8.06. The molecule has 1 aromatic heterocycles. The zero-order valence-corrected chi connectivity index (χ0v) is 11.5. The molecule has 0 bridgehead atoms. The summed E-state index contributed by atoms with van der Waals surface area (Å²) in [6.07, 6.45) is 1.61. The van der Waals surface area contributed by atoms with Crippen molar-refractivity contribution in [2.75, 3.05) is 11.1 Å². The SMILES string of the molecule is Cc1cc(Cl)ccc1Nc1ncc(N)cc1Br. The Morgan fingerprint density at radius 1 is 1.35 bits per heavy atom. The summed E-state index contributed by atoms with van der Waals surface area (Å²) in [5.74, 6) is 0.727. The quantitative estimate of drug-likeness (QED) is 0.876. The third-order valence-electron chi connectivity index (χ3n) is 2.30. The Kier molecular flexibility index (Phi) is 3.54. The lowest BCUT2D eigenvalue weighted by molar-refractivity contribution is 1.28. The number of benzene rings is 1. The van der Waals surface area contributed by atoms with Crippen molar-refractivity contribution in [2.45, 2.75) is 6.92 Å². The highest BCUT2D eigenvalue weighted by Crippen LogP contribution is 2.27. The van der Waals surface area contributed by atoms with Crippen molar-refractivity contribution in [1.82, 2.24) is 4.98 Å². The molecule has 5 heteroatoms. The topological polar surface area (TPSA) is 50.9 Å². The standard InChI is InChI=1S/C12H11BrClN3/c1-7-4-8(14)2-3-11(7)17-12-10(13)5-9(15)6-16-12/h2-6H,15H2,1H3,(H,16,17). The van der Waals surface area contributed by atoms with Gasteiger partial charge in [-0.3, -0.25) is 0 Å². The Morgan fingerprint density at radius 2 is 2.12 bits per heavy atom. The molecule has 1 heterocycles. The monoisotopic (exact) mass is 311 g/mol. The van der Waals surface area contributed by atoms with Gasteiger partial charge in [-0.2, -0.15) is 0 Å². The number of nitrogens with one attached hydrogen (secondary N) is 1. The molecule has 0 unspecified atom stereocenters. The van der Waals surface area contributed by atoms with E-state index >= 15 is 0 Å². The molecular weight excluding hydrogens is 302 g/mol. The van der Waals surface area contributed by atoms with E-state index in [0.29, 0.717) is 5.69 Å². The van der Waals surface area contributed by atoms with Crippen molar-refractivity contribution in [3.63, 3.8) is 0 Å². The molecule has 0 aliphatic carbocycles. The molecular formula is C12H11BrClN3. The molecule has 3 N–H and O–H groups in total. The van der Waals surface area contributed by atoms with E-state index < -0.39 is 0 Å². The Balaban J connectivity index is 2.31. The summed E-state index contributed by atoms with van der Waals surface area (Å²) in [6, 6.07) is 7.46. The van der Waals surface area contributed by atoms with Crippen molar-refractivity contribution < 1.29 is 0 Å². The fourth-order valence-corrected chi connectivity index (χ4v) is 2.13. The molecule has 0 amide bonds. The zero-order chi connectivity index (χ0) is 12.4. The van der Waals surface area contributed by atoms with Crippen LogP contribution in [-0.4, -0.2) is 4.98 Å². The Bertz CT molecular complexity index is 508. The highest BCUT2D eigenvalue weighted by atomic mass is 79.9. The Labute approximate surface area is 113 Å². The Morgan fingerprint density at radius 3 is 2.76 bits per heavy atom. The second-order valence-electron chi connectivity index (χ2n) is 3.68. The van der Waals surface area contributed by atoms with E-state index in [2.05, 4.69) is 26.2 Å². The van der Waals surface area contributed by atoms with Crippen LogP contribution in [0.15, 0.2) is 34.9 Å².